The molecule has 0 N–H and O–H groups in total. The molecule has 0 amide bonds. The van der Waals surface area contributed by atoms with Crippen LogP contribution in [0.15, 0.2) is 52.9 Å². The highest BCUT2D eigenvalue weighted by Gasteiger charge is 2.18. The summed E-state index contributed by atoms with van der Waals surface area (Å²) in [4.78, 5) is 4.71. The highest BCUT2D eigenvalue weighted by Crippen LogP contribution is 2.37. The zero-order chi connectivity index (χ0) is 14.7. The van der Waals surface area contributed by atoms with E-state index in [4.69, 9.17) is 9.40 Å². The van der Waals surface area contributed by atoms with E-state index in [1.165, 1.54) is 27.5 Å². The van der Waals surface area contributed by atoms with Gasteiger partial charge in [-0.25, -0.2) is 4.98 Å². The van der Waals surface area contributed by atoms with E-state index in [9.17, 15) is 0 Å². The van der Waals surface area contributed by atoms with Crippen molar-refractivity contribution in [2.75, 3.05) is 0 Å². The third kappa shape index (κ3) is 1.58. The molecular weight excluding hydrogens is 270 g/mol. The van der Waals surface area contributed by atoms with Crippen LogP contribution in [0.4, 0.5) is 0 Å². The third-order valence-corrected chi connectivity index (χ3v) is 4.65. The van der Waals surface area contributed by atoms with E-state index < -0.39 is 0 Å². The second kappa shape index (κ2) is 4.20. The van der Waals surface area contributed by atoms with Gasteiger partial charge < -0.3 is 4.42 Å². The fraction of sp³-hybridized carbons (Fsp3) is 0.150. The number of fused-ring (bicyclic) bond motifs is 1. The number of aromatic nitrogens is 1. The van der Waals surface area contributed by atoms with Crippen molar-refractivity contribution in [3.05, 3.63) is 65.2 Å². The van der Waals surface area contributed by atoms with Crippen molar-refractivity contribution in [2.24, 2.45) is 0 Å². The Kier molecular flexibility index (Phi) is 2.29. The first-order valence-corrected chi connectivity index (χ1v) is 7.71. The summed E-state index contributed by atoms with van der Waals surface area (Å²) in [6, 6.07) is 17.1. The first-order valence-electron chi connectivity index (χ1n) is 7.71. The Hall–Kier alpha value is -2.61. The number of oxazole rings is 1. The molecule has 3 aromatic carbocycles. The van der Waals surface area contributed by atoms with Crippen LogP contribution in [-0.4, -0.2) is 4.98 Å². The monoisotopic (exact) mass is 285 g/mol. The second-order valence-corrected chi connectivity index (χ2v) is 6.10. The van der Waals surface area contributed by atoms with Crippen LogP contribution < -0.4 is 0 Å². The van der Waals surface area contributed by atoms with Gasteiger partial charge in [0.2, 0.25) is 5.89 Å². The summed E-state index contributed by atoms with van der Waals surface area (Å²) in [5.41, 5.74) is 6.97. The number of hydrogen-bond donors (Lipinski definition) is 0. The third-order valence-electron chi connectivity index (χ3n) is 4.65. The van der Waals surface area contributed by atoms with Gasteiger partial charge in [0, 0.05) is 5.56 Å². The Morgan fingerprint density at radius 2 is 1.82 bits per heavy atom. The summed E-state index contributed by atoms with van der Waals surface area (Å²) in [6.45, 7) is 2.08. The Morgan fingerprint density at radius 1 is 0.955 bits per heavy atom. The van der Waals surface area contributed by atoms with Gasteiger partial charge in [0.25, 0.3) is 0 Å². The Bertz CT molecular complexity index is 1030. The van der Waals surface area contributed by atoms with Crippen LogP contribution in [0.1, 0.15) is 16.7 Å². The van der Waals surface area contributed by atoms with Crippen molar-refractivity contribution in [1.82, 2.24) is 4.98 Å². The molecule has 4 aromatic rings. The fourth-order valence-electron chi connectivity index (χ4n) is 3.59. The number of nitrogens with zero attached hydrogens (tertiary/aromatic N) is 1. The fourth-order valence-corrected chi connectivity index (χ4v) is 3.59. The van der Waals surface area contributed by atoms with Gasteiger partial charge in [-0.15, -0.1) is 0 Å². The highest BCUT2D eigenvalue weighted by molar-refractivity contribution is 6.00. The quantitative estimate of drug-likeness (QED) is 0.489. The van der Waals surface area contributed by atoms with E-state index in [1.807, 2.05) is 6.07 Å². The SMILES string of the molecule is Cc1ccc2oc(-c3ccc4c5c(cccc35)CC4)nc2c1. The molecule has 22 heavy (non-hydrogen) atoms. The molecule has 0 saturated heterocycles. The molecule has 0 atom stereocenters. The predicted octanol–water partition coefficient (Wildman–Crippen LogP) is 5.06. The lowest BCUT2D eigenvalue weighted by atomic mass is 10.00. The maximum atomic E-state index is 6.01. The lowest BCUT2D eigenvalue weighted by molar-refractivity contribution is 0.620. The Morgan fingerprint density at radius 3 is 2.73 bits per heavy atom. The molecule has 106 valence electrons. The minimum absolute atomic E-state index is 0.719. The summed E-state index contributed by atoms with van der Waals surface area (Å²) in [5.74, 6) is 0.719. The van der Waals surface area contributed by atoms with Gasteiger partial charge in [-0.3, -0.25) is 0 Å². The molecule has 0 bridgehead atoms. The number of benzene rings is 3. The van der Waals surface area contributed by atoms with E-state index in [0.717, 1.165) is 35.4 Å². The summed E-state index contributed by atoms with van der Waals surface area (Å²) in [7, 11) is 0. The van der Waals surface area contributed by atoms with E-state index in [-0.39, 0.29) is 0 Å². The topological polar surface area (TPSA) is 26.0 Å². The molecule has 0 fully saturated rings. The molecule has 5 rings (SSSR count). The lowest BCUT2D eigenvalue weighted by Crippen LogP contribution is -1.84. The molecule has 1 heterocycles. The average Bonchev–Trinajstić information content (AvgIpc) is 3.13. The van der Waals surface area contributed by atoms with Crippen LogP contribution in [-0.2, 0) is 12.8 Å². The summed E-state index contributed by atoms with van der Waals surface area (Å²) in [5, 5.41) is 2.66. The first kappa shape index (κ1) is 12.0. The molecule has 0 radical (unpaired) electrons. The van der Waals surface area contributed by atoms with Crippen molar-refractivity contribution in [2.45, 2.75) is 19.8 Å². The number of hydrogen-bond acceptors (Lipinski definition) is 2. The molecule has 1 aromatic heterocycles. The number of aryl methyl sites for hydroxylation is 3. The zero-order valence-electron chi connectivity index (χ0n) is 12.4. The lowest BCUT2D eigenvalue weighted by Gasteiger charge is -2.05. The van der Waals surface area contributed by atoms with Crippen molar-refractivity contribution < 1.29 is 4.42 Å². The summed E-state index contributed by atoms with van der Waals surface area (Å²) < 4.78 is 6.01. The largest absolute Gasteiger partial charge is 0.436 e. The molecule has 0 unspecified atom stereocenters. The molecule has 0 aliphatic heterocycles. The van der Waals surface area contributed by atoms with Gasteiger partial charge in [-0.1, -0.05) is 30.3 Å². The summed E-state index contributed by atoms with van der Waals surface area (Å²) in [6.07, 6.45) is 2.28. The smallest absolute Gasteiger partial charge is 0.227 e. The van der Waals surface area contributed by atoms with Crippen molar-refractivity contribution in [3.63, 3.8) is 0 Å². The molecule has 0 saturated carbocycles. The van der Waals surface area contributed by atoms with Gasteiger partial charge in [0.1, 0.15) is 5.52 Å². The molecule has 1 aliphatic carbocycles. The van der Waals surface area contributed by atoms with Crippen LogP contribution in [0.2, 0.25) is 0 Å². The van der Waals surface area contributed by atoms with Crippen LogP contribution in [0.3, 0.4) is 0 Å². The average molecular weight is 285 g/mol. The van der Waals surface area contributed by atoms with Crippen LogP contribution in [0, 0.1) is 6.92 Å². The van der Waals surface area contributed by atoms with Gasteiger partial charge in [-0.2, -0.15) is 0 Å². The normalized spacial score (nSPS) is 13.3. The predicted molar refractivity (Wildman–Crippen MR) is 89.1 cm³/mol. The van der Waals surface area contributed by atoms with Crippen molar-refractivity contribution >= 4 is 21.9 Å². The molecule has 1 aliphatic rings. The van der Waals surface area contributed by atoms with Crippen LogP contribution in [0.25, 0.3) is 33.3 Å². The maximum Gasteiger partial charge on any atom is 0.227 e. The summed E-state index contributed by atoms with van der Waals surface area (Å²) >= 11 is 0. The van der Waals surface area contributed by atoms with Crippen molar-refractivity contribution in [1.29, 1.82) is 0 Å². The Balaban J connectivity index is 1.82. The zero-order valence-corrected chi connectivity index (χ0v) is 12.4. The van der Waals surface area contributed by atoms with Crippen LogP contribution >= 0.6 is 0 Å². The van der Waals surface area contributed by atoms with Crippen LogP contribution in [0.5, 0.6) is 0 Å². The molecule has 2 heteroatoms. The Labute approximate surface area is 128 Å². The van der Waals surface area contributed by atoms with E-state index in [2.05, 4.69) is 49.4 Å². The maximum absolute atomic E-state index is 6.01. The molecule has 0 spiro atoms. The molecule has 2 nitrogen and oxygen atoms in total. The van der Waals surface area contributed by atoms with Gasteiger partial charge >= 0.3 is 0 Å². The van der Waals surface area contributed by atoms with Gasteiger partial charge in [-0.05, 0) is 65.4 Å². The van der Waals surface area contributed by atoms with E-state index >= 15 is 0 Å². The van der Waals surface area contributed by atoms with Crippen molar-refractivity contribution in [3.8, 4) is 11.5 Å². The minimum atomic E-state index is 0.719. The van der Waals surface area contributed by atoms with Gasteiger partial charge in [0.15, 0.2) is 5.58 Å². The number of rotatable bonds is 1. The first-order chi connectivity index (χ1) is 10.8. The van der Waals surface area contributed by atoms with E-state index in [1.54, 1.807) is 0 Å². The standard InChI is InChI=1S/C20H15NO/c1-12-5-10-18-17(11-12)21-20(22-18)16-9-8-14-7-6-13-3-2-4-15(16)19(13)14/h2-5,8-11H,6-7H2,1H3. The molecular formula is C20H15NO. The second-order valence-electron chi connectivity index (χ2n) is 6.10. The highest BCUT2D eigenvalue weighted by atomic mass is 16.3. The minimum Gasteiger partial charge on any atom is -0.436 e. The van der Waals surface area contributed by atoms with Gasteiger partial charge in [0.05, 0.1) is 0 Å². The van der Waals surface area contributed by atoms with E-state index in [0.29, 0.717) is 0 Å².